The van der Waals surface area contributed by atoms with Crippen LogP contribution in [0.4, 0.5) is 9.52 Å². The minimum Gasteiger partial charge on any atom is -0.375 e. The third kappa shape index (κ3) is 2.36. The van der Waals surface area contributed by atoms with Gasteiger partial charge < -0.3 is 10.3 Å². The Hall–Kier alpha value is -1.80. The van der Waals surface area contributed by atoms with Crippen molar-refractivity contribution in [3.63, 3.8) is 0 Å². The first kappa shape index (κ1) is 12.2. The first-order valence-corrected chi connectivity index (χ1v) is 6.81. The SMILES string of the molecule is Nc1nc(-c2nc(-c3ccc(F)c(Br)c3)no2)cs1. The maximum Gasteiger partial charge on any atom is 0.277 e. The molecule has 5 nitrogen and oxygen atoms in total. The summed E-state index contributed by atoms with van der Waals surface area (Å²) in [4.78, 5) is 8.25. The average Bonchev–Trinajstić information content (AvgIpc) is 3.01. The molecule has 3 aromatic rings. The number of rotatable bonds is 2. The van der Waals surface area contributed by atoms with E-state index in [1.165, 1.54) is 17.4 Å². The molecule has 0 bridgehead atoms. The van der Waals surface area contributed by atoms with E-state index < -0.39 is 0 Å². The van der Waals surface area contributed by atoms with Crippen molar-refractivity contribution in [1.29, 1.82) is 0 Å². The van der Waals surface area contributed by atoms with Crippen molar-refractivity contribution in [2.24, 2.45) is 0 Å². The third-order valence-corrected chi connectivity index (χ3v) is 3.63. The molecule has 0 saturated heterocycles. The van der Waals surface area contributed by atoms with Crippen molar-refractivity contribution in [3.05, 3.63) is 33.9 Å². The quantitative estimate of drug-likeness (QED) is 0.773. The zero-order chi connectivity index (χ0) is 13.4. The molecule has 0 unspecified atom stereocenters. The predicted molar refractivity (Wildman–Crippen MR) is 72.9 cm³/mol. The fourth-order valence-electron chi connectivity index (χ4n) is 1.47. The Balaban J connectivity index is 1.98. The average molecular weight is 341 g/mol. The lowest BCUT2D eigenvalue weighted by Gasteiger charge is -1.96. The fourth-order valence-corrected chi connectivity index (χ4v) is 2.38. The fraction of sp³-hybridized carbons (Fsp3) is 0. The van der Waals surface area contributed by atoms with Crippen LogP contribution < -0.4 is 5.73 Å². The van der Waals surface area contributed by atoms with Crippen LogP contribution >= 0.6 is 27.3 Å². The molecule has 2 heterocycles. The number of halogens is 2. The minimum absolute atomic E-state index is 0.281. The van der Waals surface area contributed by atoms with Crippen LogP contribution in [-0.4, -0.2) is 15.1 Å². The molecule has 1 aromatic carbocycles. The second-order valence-electron chi connectivity index (χ2n) is 3.62. The van der Waals surface area contributed by atoms with E-state index in [1.54, 1.807) is 17.5 Å². The van der Waals surface area contributed by atoms with Crippen molar-refractivity contribution in [1.82, 2.24) is 15.1 Å². The summed E-state index contributed by atoms with van der Waals surface area (Å²) >= 11 is 4.40. The largest absolute Gasteiger partial charge is 0.375 e. The third-order valence-electron chi connectivity index (χ3n) is 2.34. The zero-order valence-electron chi connectivity index (χ0n) is 9.30. The Morgan fingerprint density at radius 3 is 2.84 bits per heavy atom. The maximum absolute atomic E-state index is 13.2. The van der Waals surface area contributed by atoms with Crippen LogP contribution in [0.3, 0.4) is 0 Å². The van der Waals surface area contributed by atoms with E-state index in [1.807, 2.05) is 0 Å². The lowest BCUT2D eigenvalue weighted by atomic mass is 10.2. The topological polar surface area (TPSA) is 77.8 Å². The van der Waals surface area contributed by atoms with E-state index in [4.69, 9.17) is 10.3 Å². The second kappa shape index (κ2) is 4.71. The number of nitrogen functional groups attached to an aromatic ring is 1. The molecule has 0 spiro atoms. The van der Waals surface area contributed by atoms with Crippen LogP contribution in [0, 0.1) is 5.82 Å². The number of aromatic nitrogens is 3. The van der Waals surface area contributed by atoms with Gasteiger partial charge in [0.25, 0.3) is 5.89 Å². The summed E-state index contributed by atoms with van der Waals surface area (Å²) in [5.74, 6) is 0.297. The molecule has 19 heavy (non-hydrogen) atoms. The van der Waals surface area contributed by atoms with Gasteiger partial charge in [-0.05, 0) is 34.1 Å². The molecule has 0 aliphatic rings. The summed E-state index contributed by atoms with van der Waals surface area (Å²) in [5, 5.41) is 6.00. The predicted octanol–water partition coefficient (Wildman–Crippen LogP) is 3.34. The number of thiazole rings is 1. The van der Waals surface area contributed by atoms with Gasteiger partial charge in [-0.15, -0.1) is 11.3 Å². The van der Waals surface area contributed by atoms with Crippen molar-refractivity contribution in [2.75, 3.05) is 5.73 Å². The normalized spacial score (nSPS) is 10.8. The molecule has 8 heteroatoms. The molecule has 0 amide bonds. The van der Waals surface area contributed by atoms with E-state index in [2.05, 4.69) is 31.1 Å². The summed E-state index contributed by atoms with van der Waals surface area (Å²) in [6.45, 7) is 0. The summed E-state index contributed by atoms with van der Waals surface area (Å²) in [5.41, 5.74) is 6.71. The van der Waals surface area contributed by atoms with Crippen LogP contribution in [0.2, 0.25) is 0 Å². The van der Waals surface area contributed by atoms with E-state index >= 15 is 0 Å². The molecule has 96 valence electrons. The number of benzene rings is 1. The van der Waals surface area contributed by atoms with E-state index in [9.17, 15) is 4.39 Å². The van der Waals surface area contributed by atoms with Gasteiger partial charge in [-0.2, -0.15) is 4.98 Å². The smallest absolute Gasteiger partial charge is 0.277 e. The number of hydrogen-bond donors (Lipinski definition) is 1. The highest BCUT2D eigenvalue weighted by Crippen LogP contribution is 2.26. The van der Waals surface area contributed by atoms with Crippen LogP contribution in [0.5, 0.6) is 0 Å². The highest BCUT2D eigenvalue weighted by Gasteiger charge is 2.14. The first-order chi connectivity index (χ1) is 9.13. The molecule has 0 fully saturated rings. The Morgan fingerprint density at radius 1 is 1.32 bits per heavy atom. The van der Waals surface area contributed by atoms with Gasteiger partial charge in [0.05, 0.1) is 4.47 Å². The van der Waals surface area contributed by atoms with Crippen molar-refractivity contribution >= 4 is 32.4 Å². The van der Waals surface area contributed by atoms with Crippen LogP contribution in [0.25, 0.3) is 23.0 Å². The Morgan fingerprint density at radius 2 is 2.16 bits per heavy atom. The number of anilines is 1. The van der Waals surface area contributed by atoms with Gasteiger partial charge >= 0.3 is 0 Å². The molecular weight excluding hydrogens is 335 g/mol. The summed E-state index contributed by atoms with van der Waals surface area (Å²) in [6.07, 6.45) is 0. The lowest BCUT2D eigenvalue weighted by Crippen LogP contribution is -1.85. The highest BCUT2D eigenvalue weighted by atomic mass is 79.9. The van der Waals surface area contributed by atoms with Crippen LogP contribution in [0.15, 0.2) is 32.6 Å². The van der Waals surface area contributed by atoms with Gasteiger partial charge in [-0.1, -0.05) is 5.16 Å². The monoisotopic (exact) mass is 340 g/mol. The molecular formula is C11H6BrFN4OS. The number of nitrogens with two attached hydrogens (primary N) is 1. The molecule has 2 aromatic heterocycles. The van der Waals surface area contributed by atoms with Gasteiger partial charge in [0.15, 0.2) is 5.13 Å². The molecule has 0 aliphatic heterocycles. The molecule has 0 radical (unpaired) electrons. The van der Waals surface area contributed by atoms with Gasteiger partial charge in [0.2, 0.25) is 5.82 Å². The summed E-state index contributed by atoms with van der Waals surface area (Å²) in [7, 11) is 0. The summed E-state index contributed by atoms with van der Waals surface area (Å²) in [6, 6.07) is 4.49. The second-order valence-corrected chi connectivity index (χ2v) is 5.37. The maximum atomic E-state index is 13.2. The van der Waals surface area contributed by atoms with Gasteiger partial charge in [0, 0.05) is 10.9 Å². The zero-order valence-corrected chi connectivity index (χ0v) is 11.7. The van der Waals surface area contributed by atoms with Crippen molar-refractivity contribution in [2.45, 2.75) is 0 Å². The molecule has 0 saturated carbocycles. The van der Waals surface area contributed by atoms with E-state index in [0.29, 0.717) is 26.7 Å². The highest BCUT2D eigenvalue weighted by molar-refractivity contribution is 9.10. The van der Waals surface area contributed by atoms with E-state index in [0.717, 1.165) is 0 Å². The Kier molecular flexibility index (Phi) is 3.03. The van der Waals surface area contributed by atoms with E-state index in [-0.39, 0.29) is 11.7 Å². The minimum atomic E-state index is -0.347. The molecule has 0 aliphatic carbocycles. The Bertz CT molecular complexity index is 742. The molecule has 0 atom stereocenters. The van der Waals surface area contributed by atoms with Crippen LogP contribution in [0.1, 0.15) is 0 Å². The van der Waals surface area contributed by atoms with Crippen molar-refractivity contribution < 1.29 is 8.91 Å². The number of hydrogen-bond acceptors (Lipinski definition) is 6. The lowest BCUT2D eigenvalue weighted by molar-refractivity contribution is 0.431. The van der Waals surface area contributed by atoms with Gasteiger partial charge in [0.1, 0.15) is 11.5 Å². The summed E-state index contributed by atoms with van der Waals surface area (Å²) < 4.78 is 18.6. The first-order valence-electron chi connectivity index (χ1n) is 5.14. The molecule has 3 rings (SSSR count). The standard InChI is InChI=1S/C11H6BrFN4OS/c12-6-3-5(1-2-7(6)13)9-16-10(18-17-9)8-4-19-11(14)15-8/h1-4H,(H2,14,15). The van der Waals surface area contributed by atoms with Crippen molar-refractivity contribution in [3.8, 4) is 23.0 Å². The Labute approximate surface area is 119 Å². The van der Waals surface area contributed by atoms with Gasteiger partial charge in [-0.3, -0.25) is 0 Å². The molecule has 2 N–H and O–H groups in total. The van der Waals surface area contributed by atoms with Crippen LogP contribution in [-0.2, 0) is 0 Å². The number of nitrogens with zero attached hydrogens (tertiary/aromatic N) is 3. The van der Waals surface area contributed by atoms with Gasteiger partial charge in [-0.25, -0.2) is 9.37 Å².